The fourth-order valence-electron chi connectivity index (χ4n) is 3.89. The van der Waals surface area contributed by atoms with Crippen LogP contribution in [0.2, 0.25) is 0 Å². The number of thioether (sulfide) groups is 1. The number of benzene rings is 2. The highest BCUT2D eigenvalue weighted by Gasteiger charge is 2.29. The van der Waals surface area contributed by atoms with Crippen molar-refractivity contribution in [3.63, 3.8) is 0 Å². The van der Waals surface area contributed by atoms with Crippen LogP contribution < -0.4 is 9.64 Å². The van der Waals surface area contributed by atoms with E-state index in [9.17, 15) is 0 Å². The van der Waals surface area contributed by atoms with Gasteiger partial charge in [-0.2, -0.15) is 0 Å². The van der Waals surface area contributed by atoms with E-state index in [1.54, 1.807) is 7.11 Å². The molecule has 1 atom stereocenters. The predicted molar refractivity (Wildman–Crippen MR) is 125 cm³/mol. The molecule has 0 spiro atoms. The molecule has 3 nitrogen and oxygen atoms in total. The van der Waals surface area contributed by atoms with Crippen LogP contribution in [0, 0.1) is 0 Å². The second kappa shape index (κ2) is 8.42. The van der Waals surface area contributed by atoms with Gasteiger partial charge in [0, 0.05) is 36.9 Å². The van der Waals surface area contributed by atoms with Crippen LogP contribution in [0.25, 0.3) is 5.57 Å². The summed E-state index contributed by atoms with van der Waals surface area (Å²) in [7, 11) is 3.83. The average Bonchev–Trinajstić information content (AvgIpc) is 3.22. The molecule has 0 saturated carbocycles. The molecule has 0 amide bonds. The SMILES string of the molecule is CCN(CC)c1ccc(C2C=C3C(=C(c4ccc(OC)cc4)C=CN3C)S2)cc1. The molecule has 150 valence electrons. The Balaban J connectivity index is 1.63. The maximum atomic E-state index is 5.32. The van der Waals surface area contributed by atoms with Crippen LogP contribution in [0.15, 0.2) is 77.5 Å². The lowest BCUT2D eigenvalue weighted by atomic mass is 10.0. The molecule has 0 radical (unpaired) electrons. The van der Waals surface area contributed by atoms with Gasteiger partial charge in [0.15, 0.2) is 0 Å². The monoisotopic (exact) mass is 404 g/mol. The Hall–Kier alpha value is -2.59. The fraction of sp³-hybridized carbons (Fsp3) is 0.280. The third-order valence-corrected chi connectivity index (χ3v) is 6.95. The summed E-state index contributed by atoms with van der Waals surface area (Å²) in [6, 6.07) is 17.4. The lowest BCUT2D eigenvalue weighted by Gasteiger charge is -2.24. The molecule has 1 unspecified atom stereocenters. The van der Waals surface area contributed by atoms with Gasteiger partial charge in [0.25, 0.3) is 0 Å². The smallest absolute Gasteiger partial charge is 0.118 e. The first kappa shape index (κ1) is 19.7. The zero-order valence-electron chi connectivity index (χ0n) is 17.6. The number of methoxy groups -OCH3 is 1. The first-order valence-corrected chi connectivity index (χ1v) is 11.1. The topological polar surface area (TPSA) is 15.7 Å². The number of hydrogen-bond acceptors (Lipinski definition) is 4. The minimum Gasteiger partial charge on any atom is -0.497 e. The minimum absolute atomic E-state index is 0.335. The van der Waals surface area contributed by atoms with Gasteiger partial charge < -0.3 is 14.5 Å². The molecule has 2 aromatic rings. The standard InChI is InChI=1S/C25H28N2OS/c1-5-27(6-2)20-11-7-19(8-12-20)24-17-23-25(29-24)22(15-16-26(23)3)18-9-13-21(28-4)14-10-18/h7-17,24H,5-6H2,1-4H3. The highest BCUT2D eigenvalue weighted by molar-refractivity contribution is 8.04. The molecule has 0 bridgehead atoms. The van der Waals surface area contributed by atoms with Crippen molar-refractivity contribution in [3.05, 3.63) is 88.6 Å². The van der Waals surface area contributed by atoms with E-state index in [0.29, 0.717) is 5.25 Å². The number of rotatable bonds is 6. The number of nitrogens with zero attached hydrogens (tertiary/aromatic N) is 2. The maximum absolute atomic E-state index is 5.32. The number of anilines is 1. The summed E-state index contributed by atoms with van der Waals surface area (Å²) in [4.78, 5) is 5.95. The zero-order chi connectivity index (χ0) is 20.4. The van der Waals surface area contributed by atoms with E-state index < -0.39 is 0 Å². The third-order valence-electron chi connectivity index (χ3n) is 5.63. The molecule has 29 heavy (non-hydrogen) atoms. The molecule has 0 N–H and O–H groups in total. The Labute approximate surface area is 178 Å². The van der Waals surface area contributed by atoms with Gasteiger partial charge in [-0.3, -0.25) is 0 Å². The van der Waals surface area contributed by atoms with Gasteiger partial charge in [0.2, 0.25) is 0 Å². The third kappa shape index (κ3) is 3.82. The summed E-state index contributed by atoms with van der Waals surface area (Å²) < 4.78 is 5.32. The number of ether oxygens (including phenoxy) is 1. The molecule has 0 saturated heterocycles. The van der Waals surface area contributed by atoms with Crippen LogP contribution >= 0.6 is 11.8 Å². The summed E-state index contributed by atoms with van der Waals surface area (Å²) in [5, 5.41) is 0.335. The molecule has 2 aliphatic rings. The van der Waals surface area contributed by atoms with E-state index >= 15 is 0 Å². The number of hydrogen-bond donors (Lipinski definition) is 0. The largest absolute Gasteiger partial charge is 0.497 e. The lowest BCUT2D eigenvalue weighted by Crippen LogP contribution is -2.21. The maximum Gasteiger partial charge on any atom is 0.118 e. The van der Waals surface area contributed by atoms with Crippen LogP contribution in [0.5, 0.6) is 5.75 Å². The van der Waals surface area contributed by atoms with E-state index in [1.165, 1.54) is 33.0 Å². The van der Waals surface area contributed by atoms with Crippen LogP contribution in [0.1, 0.15) is 30.2 Å². The highest BCUT2D eigenvalue weighted by Crippen LogP contribution is 2.51. The number of likely N-dealkylation sites (N-methyl/N-ethyl adjacent to an activating group) is 1. The molecule has 4 heteroatoms. The van der Waals surface area contributed by atoms with Crippen LogP contribution in [-0.2, 0) is 0 Å². The Morgan fingerprint density at radius 2 is 1.69 bits per heavy atom. The van der Waals surface area contributed by atoms with Crippen molar-refractivity contribution in [1.82, 2.24) is 4.90 Å². The van der Waals surface area contributed by atoms with Gasteiger partial charge in [-0.1, -0.05) is 24.3 Å². The lowest BCUT2D eigenvalue weighted by molar-refractivity contribution is 0.415. The molecule has 2 aromatic carbocycles. The summed E-state index contributed by atoms with van der Waals surface area (Å²) in [5.41, 5.74) is 6.44. The summed E-state index contributed by atoms with van der Waals surface area (Å²) in [5.74, 6) is 0.886. The quantitative estimate of drug-likeness (QED) is 0.579. The van der Waals surface area contributed by atoms with Gasteiger partial charge >= 0.3 is 0 Å². The first-order valence-electron chi connectivity index (χ1n) is 10.2. The van der Waals surface area contributed by atoms with Crippen LogP contribution in [-0.4, -0.2) is 32.1 Å². The summed E-state index contributed by atoms with van der Waals surface area (Å²) in [6.07, 6.45) is 6.76. The van der Waals surface area contributed by atoms with Crippen LogP contribution in [0.3, 0.4) is 0 Å². The van der Waals surface area contributed by atoms with Crippen molar-refractivity contribution in [2.45, 2.75) is 19.1 Å². The number of fused-ring (bicyclic) bond motifs is 1. The summed E-state index contributed by atoms with van der Waals surface area (Å²) in [6.45, 7) is 6.48. The normalized spacial score (nSPS) is 18.0. The number of allylic oxidation sites excluding steroid dienone is 2. The highest BCUT2D eigenvalue weighted by atomic mass is 32.2. The van der Waals surface area contributed by atoms with E-state index in [1.807, 2.05) is 23.9 Å². The minimum atomic E-state index is 0.335. The van der Waals surface area contributed by atoms with E-state index in [2.05, 4.69) is 85.4 Å². The molecule has 2 aliphatic heterocycles. The fourth-order valence-corrected chi connectivity index (χ4v) is 5.28. The first-order chi connectivity index (χ1) is 14.1. The van der Waals surface area contributed by atoms with Crippen molar-refractivity contribution in [1.29, 1.82) is 0 Å². The van der Waals surface area contributed by atoms with Crippen LogP contribution in [0.4, 0.5) is 5.69 Å². The predicted octanol–water partition coefficient (Wildman–Crippen LogP) is 6.08. The molecule has 2 heterocycles. The molecule has 4 rings (SSSR count). The van der Waals surface area contributed by atoms with Crippen molar-refractivity contribution < 1.29 is 4.74 Å². The second-order valence-corrected chi connectivity index (χ2v) is 8.40. The van der Waals surface area contributed by atoms with Crippen molar-refractivity contribution >= 4 is 23.0 Å². The Morgan fingerprint density at radius 3 is 2.31 bits per heavy atom. The van der Waals surface area contributed by atoms with E-state index in [-0.39, 0.29) is 0 Å². The Bertz CT molecular complexity index is 953. The van der Waals surface area contributed by atoms with Gasteiger partial charge in [-0.25, -0.2) is 0 Å². The molecule has 0 fully saturated rings. The second-order valence-electron chi connectivity index (χ2n) is 7.25. The molecular formula is C25H28N2OS. The van der Waals surface area contributed by atoms with Gasteiger partial charge in [0.1, 0.15) is 5.75 Å². The Kier molecular flexibility index (Phi) is 5.72. The van der Waals surface area contributed by atoms with E-state index in [0.717, 1.165) is 18.8 Å². The van der Waals surface area contributed by atoms with Gasteiger partial charge in [-0.15, -0.1) is 11.8 Å². The van der Waals surface area contributed by atoms with E-state index in [4.69, 9.17) is 4.74 Å². The van der Waals surface area contributed by atoms with Gasteiger partial charge in [-0.05, 0) is 67.0 Å². The zero-order valence-corrected chi connectivity index (χ0v) is 18.4. The van der Waals surface area contributed by atoms with Gasteiger partial charge in [0.05, 0.1) is 18.1 Å². The molecular weight excluding hydrogens is 376 g/mol. The molecule has 0 aliphatic carbocycles. The Morgan fingerprint density at radius 1 is 1.00 bits per heavy atom. The van der Waals surface area contributed by atoms with Crippen molar-refractivity contribution in [2.75, 3.05) is 32.1 Å². The average molecular weight is 405 g/mol. The van der Waals surface area contributed by atoms with Crippen molar-refractivity contribution in [3.8, 4) is 5.75 Å². The molecule has 0 aromatic heterocycles. The summed E-state index contributed by atoms with van der Waals surface area (Å²) >= 11 is 1.94. The van der Waals surface area contributed by atoms with Crippen molar-refractivity contribution in [2.24, 2.45) is 0 Å².